The Bertz CT molecular complexity index is 1090. The molecule has 0 atom stereocenters. The van der Waals surface area contributed by atoms with Crippen LogP contribution >= 0.6 is 11.6 Å². The normalized spacial score (nSPS) is 10.7. The molecular formula is C24H25ClN2O3. The molecule has 1 N–H and O–H groups in total. The maximum Gasteiger partial charge on any atom is 0.355 e. The number of aromatic nitrogens is 1. The Hall–Kier alpha value is -3.05. The Morgan fingerprint density at radius 3 is 2.40 bits per heavy atom. The minimum Gasteiger partial charge on any atom is -0.461 e. The molecule has 0 aliphatic carbocycles. The van der Waals surface area contributed by atoms with E-state index in [9.17, 15) is 9.59 Å². The summed E-state index contributed by atoms with van der Waals surface area (Å²) < 4.78 is 7.12. The highest BCUT2D eigenvalue weighted by atomic mass is 35.5. The van der Waals surface area contributed by atoms with Gasteiger partial charge in [0, 0.05) is 22.9 Å². The van der Waals surface area contributed by atoms with Crippen molar-refractivity contribution >= 4 is 29.2 Å². The molecule has 3 rings (SSSR count). The van der Waals surface area contributed by atoms with E-state index in [1.165, 1.54) is 0 Å². The quantitative estimate of drug-likeness (QED) is 0.528. The average Bonchev–Trinajstić information content (AvgIpc) is 2.95. The minimum atomic E-state index is -0.438. The molecule has 0 spiro atoms. The van der Waals surface area contributed by atoms with Gasteiger partial charge < -0.3 is 14.6 Å². The summed E-state index contributed by atoms with van der Waals surface area (Å²) in [5, 5.41) is 3.47. The molecule has 0 saturated carbocycles. The Labute approximate surface area is 181 Å². The zero-order valence-electron chi connectivity index (χ0n) is 17.6. The van der Waals surface area contributed by atoms with Crippen molar-refractivity contribution in [1.82, 2.24) is 4.57 Å². The van der Waals surface area contributed by atoms with E-state index in [-0.39, 0.29) is 12.5 Å². The molecule has 0 fully saturated rings. The van der Waals surface area contributed by atoms with E-state index in [1.807, 2.05) is 54.8 Å². The molecule has 6 heteroatoms. The second kappa shape index (κ2) is 9.18. The number of carbonyl (C=O) groups excluding carboxylic acids is 2. The van der Waals surface area contributed by atoms with E-state index >= 15 is 0 Å². The Balaban J connectivity index is 2.03. The molecule has 0 saturated heterocycles. The first-order chi connectivity index (χ1) is 14.3. The third kappa shape index (κ3) is 4.41. The molecule has 30 heavy (non-hydrogen) atoms. The highest BCUT2D eigenvalue weighted by Gasteiger charge is 2.27. The second-order valence-electron chi connectivity index (χ2n) is 7.14. The zero-order valence-corrected chi connectivity index (χ0v) is 18.3. The van der Waals surface area contributed by atoms with Crippen molar-refractivity contribution in [2.75, 3.05) is 11.9 Å². The Morgan fingerprint density at radius 2 is 1.77 bits per heavy atom. The highest BCUT2D eigenvalue weighted by molar-refractivity contribution is 6.31. The van der Waals surface area contributed by atoms with Crippen LogP contribution in [0.25, 0.3) is 0 Å². The number of anilines is 1. The van der Waals surface area contributed by atoms with Crippen LogP contribution in [0.2, 0.25) is 5.02 Å². The topological polar surface area (TPSA) is 60.3 Å². The fourth-order valence-electron chi connectivity index (χ4n) is 3.52. The van der Waals surface area contributed by atoms with Crippen molar-refractivity contribution in [3.63, 3.8) is 0 Å². The molecule has 156 valence electrons. The van der Waals surface area contributed by atoms with Crippen LogP contribution in [0.1, 0.15) is 50.2 Å². The van der Waals surface area contributed by atoms with Gasteiger partial charge in [0.15, 0.2) is 0 Å². The van der Waals surface area contributed by atoms with Crippen LogP contribution in [0, 0.1) is 20.8 Å². The number of carbonyl (C=O) groups is 2. The predicted octanol–water partition coefficient (Wildman–Crippen LogP) is 5.54. The first-order valence-electron chi connectivity index (χ1n) is 9.81. The van der Waals surface area contributed by atoms with Crippen LogP contribution < -0.4 is 5.32 Å². The van der Waals surface area contributed by atoms with Crippen molar-refractivity contribution < 1.29 is 14.3 Å². The third-order valence-corrected chi connectivity index (χ3v) is 5.48. The van der Waals surface area contributed by atoms with E-state index in [4.69, 9.17) is 16.3 Å². The summed E-state index contributed by atoms with van der Waals surface area (Å²) >= 11 is 6.19. The van der Waals surface area contributed by atoms with Crippen molar-refractivity contribution in [2.45, 2.75) is 34.2 Å². The molecule has 1 heterocycles. The lowest BCUT2D eigenvalue weighted by molar-refractivity contribution is 0.0513. The first-order valence-corrected chi connectivity index (χ1v) is 10.2. The van der Waals surface area contributed by atoms with Gasteiger partial charge >= 0.3 is 5.97 Å². The molecule has 0 bridgehead atoms. The maximum absolute atomic E-state index is 13.1. The summed E-state index contributed by atoms with van der Waals surface area (Å²) in [7, 11) is 0. The van der Waals surface area contributed by atoms with E-state index in [1.54, 1.807) is 26.0 Å². The van der Waals surface area contributed by atoms with Gasteiger partial charge in [-0.3, -0.25) is 4.79 Å². The van der Waals surface area contributed by atoms with Gasteiger partial charge in [-0.2, -0.15) is 0 Å². The second-order valence-corrected chi connectivity index (χ2v) is 7.55. The summed E-state index contributed by atoms with van der Waals surface area (Å²) in [5.74, 6) is -0.728. The monoisotopic (exact) mass is 424 g/mol. The Morgan fingerprint density at radius 1 is 1.07 bits per heavy atom. The number of esters is 1. The lowest BCUT2D eigenvalue weighted by Crippen LogP contribution is -2.15. The molecular weight excluding hydrogens is 400 g/mol. The molecule has 2 aromatic carbocycles. The molecule has 0 aliphatic heterocycles. The highest BCUT2D eigenvalue weighted by Crippen LogP contribution is 2.27. The third-order valence-electron chi connectivity index (χ3n) is 5.08. The van der Waals surface area contributed by atoms with Crippen LogP contribution in [-0.4, -0.2) is 23.1 Å². The molecule has 1 amide bonds. The van der Waals surface area contributed by atoms with Gasteiger partial charge in [0.2, 0.25) is 0 Å². The number of benzene rings is 2. The van der Waals surface area contributed by atoms with Gasteiger partial charge in [-0.05, 0) is 56.5 Å². The number of halogens is 1. The lowest BCUT2D eigenvalue weighted by Gasteiger charge is -2.12. The minimum absolute atomic E-state index is 0.261. The van der Waals surface area contributed by atoms with Crippen LogP contribution in [0.4, 0.5) is 5.69 Å². The van der Waals surface area contributed by atoms with Crippen LogP contribution in [-0.2, 0) is 11.3 Å². The number of amides is 1. The van der Waals surface area contributed by atoms with Gasteiger partial charge in [0.25, 0.3) is 5.91 Å². The van der Waals surface area contributed by atoms with Crippen molar-refractivity contribution in [1.29, 1.82) is 0 Å². The van der Waals surface area contributed by atoms with Crippen molar-refractivity contribution in [3.8, 4) is 0 Å². The van der Waals surface area contributed by atoms with E-state index in [2.05, 4.69) is 5.32 Å². The fourth-order valence-corrected chi connectivity index (χ4v) is 3.70. The van der Waals surface area contributed by atoms with E-state index in [0.717, 1.165) is 11.1 Å². The van der Waals surface area contributed by atoms with Gasteiger partial charge in [0.1, 0.15) is 5.69 Å². The Kier molecular flexibility index (Phi) is 6.63. The number of aryl methyl sites for hydroxylation is 1. The van der Waals surface area contributed by atoms with Gasteiger partial charge in [0.05, 0.1) is 12.2 Å². The number of nitrogens with one attached hydrogen (secondary N) is 1. The van der Waals surface area contributed by atoms with E-state index in [0.29, 0.717) is 39.8 Å². The summed E-state index contributed by atoms with van der Waals surface area (Å²) in [4.78, 5) is 25.8. The van der Waals surface area contributed by atoms with Crippen LogP contribution in [0.3, 0.4) is 0 Å². The molecule has 1 aromatic heterocycles. The number of ether oxygens (including phenoxy) is 1. The number of hydrogen-bond acceptors (Lipinski definition) is 3. The van der Waals surface area contributed by atoms with Crippen molar-refractivity contribution in [2.24, 2.45) is 0 Å². The van der Waals surface area contributed by atoms with Crippen molar-refractivity contribution in [3.05, 3.63) is 87.2 Å². The molecule has 5 nitrogen and oxygen atoms in total. The summed E-state index contributed by atoms with van der Waals surface area (Å²) in [5.41, 5.74) is 4.71. The SMILES string of the molecule is CCOC(=O)c1c(C)c(C(=O)Nc2ccc(C)c(Cl)c2)c(C)n1Cc1ccccc1. The summed E-state index contributed by atoms with van der Waals surface area (Å²) in [6.45, 7) is 8.01. The fraction of sp³-hybridized carbons (Fsp3) is 0.250. The summed E-state index contributed by atoms with van der Waals surface area (Å²) in [6.07, 6.45) is 0. The molecule has 0 aliphatic rings. The maximum atomic E-state index is 13.1. The average molecular weight is 425 g/mol. The lowest BCUT2D eigenvalue weighted by atomic mass is 10.1. The smallest absolute Gasteiger partial charge is 0.355 e. The standard InChI is InChI=1S/C24H25ClN2O3/c1-5-30-24(29)22-16(3)21(17(4)27(22)14-18-9-7-6-8-10-18)23(28)26-19-12-11-15(2)20(25)13-19/h6-13H,5,14H2,1-4H3,(H,26,28). The largest absolute Gasteiger partial charge is 0.461 e. The van der Waals surface area contributed by atoms with E-state index < -0.39 is 5.97 Å². The summed E-state index contributed by atoms with van der Waals surface area (Å²) in [6, 6.07) is 15.2. The number of nitrogens with zero attached hydrogens (tertiary/aromatic N) is 1. The first kappa shape index (κ1) is 21.7. The van der Waals surface area contributed by atoms with Crippen LogP contribution in [0.15, 0.2) is 48.5 Å². The van der Waals surface area contributed by atoms with Gasteiger partial charge in [-0.15, -0.1) is 0 Å². The van der Waals surface area contributed by atoms with Gasteiger partial charge in [-0.25, -0.2) is 4.79 Å². The zero-order chi connectivity index (χ0) is 21.8. The molecule has 0 radical (unpaired) electrons. The van der Waals surface area contributed by atoms with Crippen LogP contribution in [0.5, 0.6) is 0 Å². The predicted molar refractivity (Wildman–Crippen MR) is 120 cm³/mol. The number of rotatable bonds is 6. The van der Waals surface area contributed by atoms with Gasteiger partial charge in [-0.1, -0.05) is 48.0 Å². The molecule has 3 aromatic rings. The molecule has 0 unspecified atom stereocenters. The number of hydrogen-bond donors (Lipinski definition) is 1.